The highest BCUT2D eigenvalue weighted by Crippen LogP contribution is 2.07. The third-order valence-corrected chi connectivity index (χ3v) is 1.23. The Bertz CT molecular complexity index is 204. The van der Waals surface area contributed by atoms with Crippen LogP contribution in [0.4, 0.5) is 0 Å². The lowest BCUT2D eigenvalue weighted by Gasteiger charge is -2.27. The van der Waals surface area contributed by atoms with Crippen LogP contribution >= 0.6 is 0 Å². The Kier molecular flexibility index (Phi) is 4.52. The van der Waals surface area contributed by atoms with Crippen molar-refractivity contribution >= 4 is 0 Å². The first-order chi connectivity index (χ1) is 6.45. The van der Waals surface area contributed by atoms with Crippen LogP contribution in [-0.2, 0) is 9.68 Å². The summed E-state index contributed by atoms with van der Waals surface area (Å²) in [5, 5.41) is 22.4. The van der Waals surface area contributed by atoms with Crippen LogP contribution in [0.1, 0.15) is 0 Å². The third-order valence-electron chi connectivity index (χ3n) is 1.23. The molecule has 82 valence electrons. The van der Waals surface area contributed by atoms with Crippen LogP contribution in [0.2, 0.25) is 0 Å². The maximum Gasteiger partial charge on any atom is 0.329 e. The Morgan fingerprint density at radius 2 is 1.64 bits per heavy atom. The monoisotopic (exact) mass is 210 g/mol. The topological polar surface area (TPSA) is 129 Å². The van der Waals surface area contributed by atoms with E-state index >= 15 is 0 Å². The highest BCUT2D eigenvalue weighted by molar-refractivity contribution is 4.62. The quantitative estimate of drug-likeness (QED) is 0.295. The Labute approximate surface area is 78.4 Å². The molecule has 14 heavy (non-hydrogen) atoms. The van der Waals surface area contributed by atoms with Crippen molar-refractivity contribution in [3.8, 4) is 0 Å². The van der Waals surface area contributed by atoms with Gasteiger partial charge in [0.2, 0.25) is 0 Å². The van der Waals surface area contributed by atoms with Crippen LogP contribution in [0.25, 0.3) is 0 Å². The average molecular weight is 210 g/mol. The number of nitrogens with zero attached hydrogens (tertiary/aromatic N) is 2. The van der Waals surface area contributed by atoms with E-state index in [2.05, 4.69) is 20.3 Å². The molecule has 0 bridgehead atoms. The summed E-state index contributed by atoms with van der Waals surface area (Å²) in [5.41, 5.74) is 0. The zero-order valence-electron chi connectivity index (χ0n) is 7.55. The molecule has 2 N–H and O–H groups in total. The van der Waals surface area contributed by atoms with Crippen LogP contribution in [0.15, 0.2) is 0 Å². The number of hydrogen-bond donors (Lipinski definition) is 2. The molecular weight excluding hydrogens is 200 g/mol. The molecule has 0 spiro atoms. The van der Waals surface area contributed by atoms with Gasteiger partial charge in [-0.2, -0.15) is 0 Å². The van der Waals surface area contributed by atoms with E-state index in [1.54, 1.807) is 0 Å². The normalized spacial score (nSPS) is 10.7. The Balaban J connectivity index is 4.58. The number of hydrogen-bond acceptors (Lipinski definition) is 8. The van der Waals surface area contributed by atoms with Gasteiger partial charge in [0.05, 0.1) is 6.54 Å². The van der Waals surface area contributed by atoms with Gasteiger partial charge in [0.15, 0.2) is 0 Å². The van der Waals surface area contributed by atoms with E-state index < -0.39 is 16.1 Å². The van der Waals surface area contributed by atoms with Crippen LogP contribution in [0, 0.1) is 20.2 Å². The Morgan fingerprint density at radius 1 is 1.21 bits per heavy atom. The average Bonchev–Trinajstić information content (AvgIpc) is 2.02. The Morgan fingerprint density at radius 3 is 1.86 bits per heavy atom. The third kappa shape index (κ3) is 3.82. The fraction of sp³-hybridized carbons (Fsp3) is 1.00. The second kappa shape index (κ2) is 5.14. The summed E-state index contributed by atoms with van der Waals surface area (Å²) in [5.74, 6) is -2.12. The molecule has 0 aromatic carbocycles. The smallest absolute Gasteiger partial charge is 0.314 e. The van der Waals surface area contributed by atoms with Gasteiger partial charge in [-0.15, -0.1) is 20.2 Å². The van der Waals surface area contributed by atoms with Gasteiger partial charge in [0, 0.05) is 0 Å². The van der Waals surface area contributed by atoms with Gasteiger partial charge >= 0.3 is 5.91 Å². The zero-order chi connectivity index (χ0) is 11.2. The van der Waals surface area contributed by atoms with Gasteiger partial charge < -0.3 is 5.32 Å². The summed E-state index contributed by atoms with van der Waals surface area (Å²) in [6, 6.07) is 0. The molecule has 0 saturated heterocycles. The van der Waals surface area contributed by atoms with E-state index in [0.29, 0.717) is 0 Å². The first-order valence-electron chi connectivity index (χ1n) is 3.46. The fourth-order valence-electron chi connectivity index (χ4n) is 0.734. The molecule has 0 aliphatic heterocycles. The van der Waals surface area contributed by atoms with Crippen LogP contribution < -0.4 is 10.6 Å². The van der Waals surface area contributed by atoms with Gasteiger partial charge in [-0.05, 0) is 14.1 Å². The standard InChI is InChI=1S/C4H10N4O6/c1-5-3-4(6-2,13-7(9)10)14-8(11)12/h5-6H,3H2,1-2H3. The second-order valence-corrected chi connectivity index (χ2v) is 2.16. The van der Waals surface area contributed by atoms with Gasteiger partial charge in [0.25, 0.3) is 10.2 Å². The lowest BCUT2D eigenvalue weighted by atomic mass is 10.5. The molecule has 0 unspecified atom stereocenters. The van der Waals surface area contributed by atoms with Crippen molar-refractivity contribution < 1.29 is 19.8 Å². The first kappa shape index (κ1) is 12.3. The molecular formula is C4H10N4O6. The lowest BCUT2D eigenvalue weighted by Crippen LogP contribution is -2.56. The molecule has 0 fully saturated rings. The first-order valence-corrected chi connectivity index (χ1v) is 3.46. The molecule has 0 amide bonds. The molecule has 0 rings (SSSR count). The molecule has 0 saturated carbocycles. The summed E-state index contributed by atoms with van der Waals surface area (Å²) in [4.78, 5) is 28.1. The molecule has 10 nitrogen and oxygen atoms in total. The van der Waals surface area contributed by atoms with Crippen LogP contribution in [0.5, 0.6) is 0 Å². The van der Waals surface area contributed by atoms with E-state index in [9.17, 15) is 20.2 Å². The maximum absolute atomic E-state index is 10.0. The molecule has 10 heteroatoms. The fourth-order valence-corrected chi connectivity index (χ4v) is 0.734. The van der Waals surface area contributed by atoms with E-state index in [-0.39, 0.29) is 6.54 Å². The largest absolute Gasteiger partial charge is 0.329 e. The van der Waals surface area contributed by atoms with E-state index in [1.165, 1.54) is 14.1 Å². The highest BCUT2D eigenvalue weighted by Gasteiger charge is 2.36. The van der Waals surface area contributed by atoms with E-state index in [1.807, 2.05) is 0 Å². The van der Waals surface area contributed by atoms with E-state index in [4.69, 9.17) is 0 Å². The lowest BCUT2D eigenvalue weighted by molar-refractivity contribution is -0.874. The Hall–Kier alpha value is -1.68. The number of nitrogens with one attached hydrogen (secondary N) is 2. The summed E-state index contributed by atoms with van der Waals surface area (Å²) in [6.45, 7) is -0.272. The predicted octanol–water partition coefficient (Wildman–Crippen LogP) is -1.50. The molecule has 0 aromatic heterocycles. The maximum atomic E-state index is 10.0. The number of likely N-dealkylation sites (N-methyl/N-ethyl adjacent to an activating group) is 2. The van der Waals surface area contributed by atoms with Crippen molar-refractivity contribution in [2.24, 2.45) is 0 Å². The minimum Gasteiger partial charge on any atom is -0.314 e. The van der Waals surface area contributed by atoms with Crippen molar-refractivity contribution in [2.75, 3.05) is 20.6 Å². The van der Waals surface area contributed by atoms with Crippen molar-refractivity contribution in [1.29, 1.82) is 0 Å². The molecule has 0 atom stereocenters. The van der Waals surface area contributed by atoms with Gasteiger partial charge in [-0.3, -0.25) is 15.0 Å². The summed E-state index contributed by atoms with van der Waals surface area (Å²) in [6.07, 6.45) is 0. The molecule has 0 radical (unpaired) electrons. The minimum absolute atomic E-state index is 0.272. The summed E-state index contributed by atoms with van der Waals surface area (Å²) >= 11 is 0. The second-order valence-electron chi connectivity index (χ2n) is 2.16. The number of rotatable bonds is 7. The summed E-state index contributed by atoms with van der Waals surface area (Å²) in [7, 11) is 2.66. The van der Waals surface area contributed by atoms with Gasteiger partial charge in [0.1, 0.15) is 0 Å². The predicted molar refractivity (Wildman–Crippen MR) is 41.9 cm³/mol. The van der Waals surface area contributed by atoms with Crippen molar-refractivity contribution in [1.82, 2.24) is 10.6 Å². The highest BCUT2D eigenvalue weighted by atomic mass is 17.1. The van der Waals surface area contributed by atoms with Crippen LogP contribution in [0.3, 0.4) is 0 Å². The van der Waals surface area contributed by atoms with Gasteiger partial charge in [-0.1, -0.05) is 0 Å². The molecule has 0 aliphatic rings. The van der Waals surface area contributed by atoms with E-state index in [0.717, 1.165) is 0 Å². The van der Waals surface area contributed by atoms with Crippen molar-refractivity contribution in [3.63, 3.8) is 0 Å². The van der Waals surface area contributed by atoms with Crippen LogP contribution in [-0.4, -0.2) is 36.7 Å². The molecule has 0 aliphatic carbocycles. The minimum atomic E-state index is -2.12. The van der Waals surface area contributed by atoms with Crippen molar-refractivity contribution in [2.45, 2.75) is 5.91 Å². The summed E-state index contributed by atoms with van der Waals surface area (Å²) < 4.78 is 0. The molecule has 0 aromatic rings. The van der Waals surface area contributed by atoms with Gasteiger partial charge in [-0.25, -0.2) is 0 Å². The SMILES string of the molecule is CNCC(NC)(O[N+](=O)[O-])O[N+](=O)[O-]. The zero-order valence-corrected chi connectivity index (χ0v) is 7.55. The van der Waals surface area contributed by atoms with Crippen molar-refractivity contribution in [3.05, 3.63) is 20.2 Å². The molecule has 0 heterocycles.